The molecule has 2 amide bonds. The molecule has 0 saturated carbocycles. The molecular formula is C82H152N2O21. The van der Waals surface area contributed by atoms with E-state index in [1.165, 1.54) is 250 Å². The Labute approximate surface area is 632 Å². The Morgan fingerprint density at radius 3 is 1.30 bits per heavy atom. The third kappa shape index (κ3) is 40.8. The molecule has 18 unspecified atom stereocenters. The Bertz CT molecular complexity index is 2180. The summed E-state index contributed by atoms with van der Waals surface area (Å²) in [5, 5.41) is 136. The van der Waals surface area contributed by atoms with E-state index in [9.17, 15) is 75.7 Å². The van der Waals surface area contributed by atoms with Crippen molar-refractivity contribution in [2.75, 3.05) is 26.4 Å². The lowest BCUT2D eigenvalue weighted by Crippen LogP contribution is -2.70. The van der Waals surface area contributed by atoms with Gasteiger partial charge in [-0.2, -0.15) is 0 Å². The average Bonchev–Trinajstić information content (AvgIpc) is 0.753. The normalized spacial score (nSPS) is 26.3. The third-order valence-electron chi connectivity index (χ3n) is 21.4. The van der Waals surface area contributed by atoms with Gasteiger partial charge in [-0.05, 0) is 44.9 Å². The van der Waals surface area contributed by atoms with E-state index in [1.807, 2.05) is 6.08 Å². The van der Waals surface area contributed by atoms with E-state index in [-0.39, 0.29) is 12.3 Å². The summed E-state index contributed by atoms with van der Waals surface area (Å²) in [5.41, 5.74) is 0. The van der Waals surface area contributed by atoms with Crippen molar-refractivity contribution >= 4 is 17.8 Å². The lowest BCUT2D eigenvalue weighted by atomic mass is 9.88. The van der Waals surface area contributed by atoms with Crippen molar-refractivity contribution < 1.29 is 104 Å². The van der Waals surface area contributed by atoms with Crippen molar-refractivity contribution in [3.63, 3.8) is 0 Å². The molecule has 14 N–H and O–H groups in total. The second-order valence-corrected chi connectivity index (χ2v) is 30.7. The molecule has 0 aromatic rings. The number of ether oxygens (including phenoxy) is 6. The molecule has 3 aliphatic heterocycles. The first-order valence-corrected chi connectivity index (χ1v) is 42.2. The van der Waals surface area contributed by atoms with Crippen molar-refractivity contribution in [3.05, 3.63) is 24.3 Å². The Balaban J connectivity index is 1.47. The van der Waals surface area contributed by atoms with Crippen LogP contribution in [0.1, 0.15) is 342 Å². The van der Waals surface area contributed by atoms with Gasteiger partial charge in [0.2, 0.25) is 11.8 Å². The minimum absolute atomic E-state index is 0.203. The van der Waals surface area contributed by atoms with Gasteiger partial charge in [-0.3, -0.25) is 9.59 Å². The summed E-state index contributed by atoms with van der Waals surface area (Å²) in [5.74, 6) is -6.13. The Morgan fingerprint density at radius 1 is 0.495 bits per heavy atom. The molecule has 0 aromatic carbocycles. The number of allylic oxidation sites excluding steroid dienone is 3. The second kappa shape index (κ2) is 60.9. The van der Waals surface area contributed by atoms with Crippen molar-refractivity contribution in [1.82, 2.24) is 10.6 Å². The molecule has 23 nitrogen and oxygen atoms in total. The molecule has 0 spiro atoms. The highest BCUT2D eigenvalue weighted by Crippen LogP contribution is 2.39. The first kappa shape index (κ1) is 96.4. The smallest absolute Gasteiger partial charge is 0.364 e. The molecule has 105 heavy (non-hydrogen) atoms. The van der Waals surface area contributed by atoms with E-state index in [4.69, 9.17) is 28.4 Å². The standard InChI is InChI=1S/C82H152N2O21/c1-4-6-8-10-12-14-16-18-20-22-24-25-26-27-28-29-30-31-32-33-34-35-36-38-40-42-44-46-48-50-52-54-56-69(92)84-63(64(89)55-53-51-49-47-45-43-41-39-37-23-21-19-17-15-13-11-9-7-5-2)61-100-79-74(96)73(95)76(68(60-87)102-79)103-80-75(97)78(72(94)67(59-86)101-80)105-82(81(98)99)57-65(90)70(83-62(3)88)77(104-82)71(93)66(91)58-85/h27-28,53,55,63-68,70-80,85-87,89-91,93-97H,4-26,29-52,54,56-61H2,1-3H3,(H,83,88)(H,84,92)(H,98,99)/b28-27-,55-53+. The van der Waals surface area contributed by atoms with E-state index in [1.54, 1.807) is 6.08 Å². The summed E-state index contributed by atoms with van der Waals surface area (Å²) >= 11 is 0. The molecular weight excluding hydrogens is 1350 g/mol. The van der Waals surface area contributed by atoms with Gasteiger partial charge < -0.3 is 100 Å². The van der Waals surface area contributed by atoms with Crippen LogP contribution in [0.3, 0.4) is 0 Å². The number of unbranched alkanes of at least 4 members (excludes halogenated alkanes) is 45. The maximum Gasteiger partial charge on any atom is 0.364 e. The maximum absolute atomic E-state index is 13.6. The Kier molecular flexibility index (Phi) is 55.9. The predicted octanol–water partition coefficient (Wildman–Crippen LogP) is 11.9. The number of hydrogen-bond acceptors (Lipinski definition) is 20. The zero-order valence-corrected chi connectivity index (χ0v) is 65.3. The van der Waals surface area contributed by atoms with Crippen molar-refractivity contribution in [1.29, 1.82) is 0 Å². The number of aliphatic hydroxyl groups excluding tert-OH is 11. The van der Waals surface area contributed by atoms with E-state index in [2.05, 4.69) is 36.6 Å². The van der Waals surface area contributed by atoms with Gasteiger partial charge in [0.05, 0.1) is 50.7 Å². The van der Waals surface area contributed by atoms with Crippen LogP contribution in [0.25, 0.3) is 0 Å². The molecule has 3 aliphatic rings. The summed E-state index contributed by atoms with van der Waals surface area (Å²) in [6.45, 7) is 2.19. The zero-order chi connectivity index (χ0) is 76.7. The molecule has 0 radical (unpaired) electrons. The highest BCUT2D eigenvalue weighted by molar-refractivity contribution is 5.77. The second-order valence-electron chi connectivity index (χ2n) is 30.7. The van der Waals surface area contributed by atoms with E-state index >= 15 is 0 Å². The third-order valence-corrected chi connectivity index (χ3v) is 21.4. The number of aliphatic carboxylic acids is 1. The van der Waals surface area contributed by atoms with Gasteiger partial charge in [0.1, 0.15) is 67.1 Å². The van der Waals surface area contributed by atoms with E-state index < -0.39 is 155 Å². The molecule has 3 fully saturated rings. The fraction of sp³-hybridized carbons (Fsp3) is 0.915. The van der Waals surface area contributed by atoms with Crippen LogP contribution in [0.4, 0.5) is 0 Å². The summed E-state index contributed by atoms with van der Waals surface area (Å²) < 4.78 is 34.9. The van der Waals surface area contributed by atoms with Crippen LogP contribution in [0.15, 0.2) is 24.3 Å². The van der Waals surface area contributed by atoms with Crippen molar-refractivity contribution in [2.24, 2.45) is 0 Å². The lowest BCUT2D eigenvalue weighted by Gasteiger charge is -2.50. The van der Waals surface area contributed by atoms with Gasteiger partial charge in [-0.25, -0.2) is 4.79 Å². The van der Waals surface area contributed by atoms with Gasteiger partial charge in [-0.15, -0.1) is 0 Å². The number of carboxylic acid groups (broad SMARTS) is 1. The Morgan fingerprint density at radius 2 is 0.895 bits per heavy atom. The van der Waals surface area contributed by atoms with Crippen LogP contribution in [-0.2, 0) is 42.8 Å². The number of carboxylic acids is 1. The summed E-state index contributed by atoms with van der Waals surface area (Å²) in [6, 6.07) is -2.62. The fourth-order valence-corrected chi connectivity index (χ4v) is 14.7. The highest BCUT2D eigenvalue weighted by atomic mass is 16.8. The van der Waals surface area contributed by atoms with Crippen LogP contribution >= 0.6 is 0 Å². The average molecular weight is 1500 g/mol. The first-order chi connectivity index (χ1) is 50.9. The molecule has 18 atom stereocenters. The van der Waals surface area contributed by atoms with E-state index in [0.717, 1.165) is 51.9 Å². The number of rotatable bonds is 67. The molecule has 23 heteroatoms. The number of carbonyl (C=O) groups is 3. The lowest BCUT2D eigenvalue weighted by molar-refractivity contribution is -0.386. The summed E-state index contributed by atoms with van der Waals surface area (Å²) in [4.78, 5) is 38.7. The van der Waals surface area contributed by atoms with Gasteiger partial charge in [0, 0.05) is 19.8 Å². The molecule has 616 valence electrons. The fourth-order valence-electron chi connectivity index (χ4n) is 14.7. The van der Waals surface area contributed by atoms with Crippen LogP contribution in [0, 0.1) is 0 Å². The van der Waals surface area contributed by atoms with Crippen LogP contribution in [0.2, 0.25) is 0 Å². The number of amides is 2. The topological polar surface area (TPSA) is 373 Å². The number of carbonyl (C=O) groups excluding carboxylic acids is 2. The quantitative estimate of drug-likeness (QED) is 0.0199. The molecule has 3 heterocycles. The van der Waals surface area contributed by atoms with Crippen molar-refractivity contribution in [3.8, 4) is 0 Å². The molecule has 0 aliphatic carbocycles. The molecule has 3 rings (SSSR count). The van der Waals surface area contributed by atoms with Gasteiger partial charge in [0.25, 0.3) is 5.79 Å². The molecule has 0 bridgehead atoms. The van der Waals surface area contributed by atoms with Gasteiger partial charge in [0.15, 0.2) is 12.6 Å². The minimum atomic E-state index is -3.08. The minimum Gasteiger partial charge on any atom is -0.477 e. The van der Waals surface area contributed by atoms with Gasteiger partial charge in [-0.1, -0.05) is 301 Å². The number of aliphatic hydroxyl groups is 11. The predicted molar refractivity (Wildman–Crippen MR) is 408 cm³/mol. The summed E-state index contributed by atoms with van der Waals surface area (Å²) in [6.07, 6.45) is 39.4. The highest BCUT2D eigenvalue weighted by Gasteiger charge is 2.60. The SMILES string of the molecule is CCCCCCCCCCCCCC/C=C\CCCCCCCCCCCCCCCCCCC(=O)NC(COC1OC(CO)C(OC2OC(CO)C(O)C(OC3(C(=O)O)CC(O)C(NC(C)=O)C(C(O)C(O)CO)O3)C2O)C(O)C1O)C(O)/C=C/CCCCCCCCCCCCCCCCCCC. The largest absolute Gasteiger partial charge is 0.477 e. The Hall–Kier alpha value is -2.79. The van der Waals surface area contributed by atoms with E-state index in [0.29, 0.717) is 12.8 Å². The van der Waals surface area contributed by atoms with Crippen LogP contribution in [0.5, 0.6) is 0 Å². The van der Waals surface area contributed by atoms with Crippen LogP contribution < -0.4 is 10.6 Å². The monoisotopic (exact) mass is 1500 g/mol. The summed E-state index contributed by atoms with van der Waals surface area (Å²) in [7, 11) is 0. The first-order valence-electron chi connectivity index (χ1n) is 42.2. The maximum atomic E-state index is 13.6. The zero-order valence-electron chi connectivity index (χ0n) is 65.3. The number of hydrogen-bond donors (Lipinski definition) is 14. The number of nitrogens with one attached hydrogen (secondary N) is 2. The van der Waals surface area contributed by atoms with Crippen LogP contribution in [-0.4, -0.2) is 215 Å². The molecule has 0 aromatic heterocycles. The van der Waals surface area contributed by atoms with Gasteiger partial charge >= 0.3 is 5.97 Å². The molecule has 3 saturated heterocycles. The van der Waals surface area contributed by atoms with Crippen molar-refractivity contribution in [2.45, 2.75) is 452 Å².